The number of carbonyl (C=O) groups is 1. The van der Waals surface area contributed by atoms with Crippen LogP contribution in [0.5, 0.6) is 0 Å². The number of nitrogens with one attached hydrogen (secondary N) is 1. The van der Waals surface area contributed by atoms with Gasteiger partial charge in [-0.3, -0.25) is 10.1 Å². The maximum absolute atomic E-state index is 12.4. The number of likely N-dealkylation sites (N-methyl/N-ethyl adjacent to an activating group) is 1. The minimum Gasteiger partial charge on any atom is -0.394 e. The van der Waals surface area contributed by atoms with E-state index >= 15 is 0 Å². The van der Waals surface area contributed by atoms with Gasteiger partial charge in [0.05, 0.1) is 19.2 Å². The number of aliphatic hydroxyl groups excluding tert-OH is 1. The second-order valence-electron chi connectivity index (χ2n) is 6.36. The highest BCUT2D eigenvalue weighted by atomic mass is 16.3. The molecule has 2 N–H and O–H groups in total. The largest absolute Gasteiger partial charge is 0.394 e. The average molecular weight is 304 g/mol. The number of benzene rings is 1. The first kappa shape index (κ1) is 17.0. The fourth-order valence-electron chi connectivity index (χ4n) is 3.37. The minimum absolute atomic E-state index is 0.0131. The summed E-state index contributed by atoms with van der Waals surface area (Å²) >= 11 is 0. The third-order valence-corrected chi connectivity index (χ3v) is 4.84. The van der Waals surface area contributed by atoms with E-state index < -0.39 is 0 Å². The molecule has 0 aromatic heterocycles. The summed E-state index contributed by atoms with van der Waals surface area (Å²) < 4.78 is 0. The molecule has 1 fully saturated rings. The first-order valence-corrected chi connectivity index (χ1v) is 8.28. The lowest BCUT2D eigenvalue weighted by atomic mass is 9.85. The Balaban J connectivity index is 1.88. The van der Waals surface area contributed by atoms with E-state index in [1.54, 1.807) is 0 Å². The van der Waals surface area contributed by atoms with Gasteiger partial charge in [0, 0.05) is 13.1 Å². The van der Waals surface area contributed by atoms with Crippen molar-refractivity contribution in [3.05, 3.63) is 35.9 Å². The molecule has 1 amide bonds. The van der Waals surface area contributed by atoms with Gasteiger partial charge in [0.1, 0.15) is 0 Å². The van der Waals surface area contributed by atoms with Gasteiger partial charge in [0.15, 0.2) is 0 Å². The number of rotatable bonds is 6. The van der Waals surface area contributed by atoms with Gasteiger partial charge in [0.2, 0.25) is 5.91 Å². The van der Waals surface area contributed by atoms with E-state index in [0.717, 1.165) is 12.0 Å². The van der Waals surface area contributed by atoms with Crippen molar-refractivity contribution in [2.24, 2.45) is 5.92 Å². The first-order chi connectivity index (χ1) is 10.6. The van der Waals surface area contributed by atoms with Crippen molar-refractivity contribution in [2.45, 2.75) is 44.7 Å². The topological polar surface area (TPSA) is 52.6 Å². The van der Waals surface area contributed by atoms with Gasteiger partial charge >= 0.3 is 0 Å². The molecule has 4 nitrogen and oxygen atoms in total. The summed E-state index contributed by atoms with van der Waals surface area (Å²) in [5, 5.41) is 12.7. The van der Waals surface area contributed by atoms with Gasteiger partial charge in [-0.25, -0.2) is 0 Å². The van der Waals surface area contributed by atoms with Crippen LogP contribution in [-0.2, 0) is 4.79 Å². The van der Waals surface area contributed by atoms with Gasteiger partial charge in [-0.2, -0.15) is 0 Å². The lowest BCUT2D eigenvalue weighted by Gasteiger charge is -2.36. The van der Waals surface area contributed by atoms with Crippen molar-refractivity contribution >= 4 is 5.91 Å². The molecule has 1 aromatic rings. The number of nitrogens with zero attached hydrogens (tertiary/aromatic N) is 1. The van der Waals surface area contributed by atoms with Gasteiger partial charge in [-0.1, -0.05) is 50.1 Å². The smallest absolute Gasteiger partial charge is 0.236 e. The molecule has 0 bridgehead atoms. The molecular formula is C18H28N2O2. The van der Waals surface area contributed by atoms with Crippen LogP contribution in [0.1, 0.15) is 44.2 Å². The summed E-state index contributed by atoms with van der Waals surface area (Å²) in [6.07, 6.45) is 4.80. The summed E-state index contributed by atoms with van der Waals surface area (Å²) in [4.78, 5) is 14.3. The molecule has 0 spiro atoms. The lowest BCUT2D eigenvalue weighted by Crippen LogP contribution is -2.46. The Bertz CT molecular complexity index is 463. The molecule has 0 saturated heterocycles. The SMILES string of the molecule is C[C@@H]1CCCC[C@H]1N(C)C(=O)CN[C@@H](CO)c1ccccc1. The summed E-state index contributed by atoms with van der Waals surface area (Å²) in [6.45, 7) is 2.49. The second-order valence-corrected chi connectivity index (χ2v) is 6.36. The van der Waals surface area contributed by atoms with Crippen LogP contribution >= 0.6 is 0 Å². The molecule has 0 radical (unpaired) electrons. The van der Waals surface area contributed by atoms with Gasteiger partial charge in [-0.15, -0.1) is 0 Å². The van der Waals surface area contributed by atoms with Crippen LogP contribution in [0.25, 0.3) is 0 Å². The Labute approximate surface area is 133 Å². The van der Waals surface area contributed by atoms with E-state index in [1.807, 2.05) is 42.3 Å². The average Bonchev–Trinajstić information content (AvgIpc) is 2.56. The van der Waals surface area contributed by atoms with Crippen LogP contribution in [0.4, 0.5) is 0 Å². The van der Waals surface area contributed by atoms with Crippen LogP contribution in [0.2, 0.25) is 0 Å². The number of hydrogen-bond donors (Lipinski definition) is 2. The molecular weight excluding hydrogens is 276 g/mol. The fraction of sp³-hybridized carbons (Fsp3) is 0.611. The number of hydrogen-bond acceptors (Lipinski definition) is 3. The molecule has 22 heavy (non-hydrogen) atoms. The van der Waals surface area contributed by atoms with Crippen LogP contribution < -0.4 is 5.32 Å². The lowest BCUT2D eigenvalue weighted by molar-refractivity contribution is -0.132. The van der Waals surface area contributed by atoms with Crippen molar-refractivity contribution in [1.29, 1.82) is 0 Å². The highest BCUT2D eigenvalue weighted by molar-refractivity contribution is 5.78. The standard InChI is InChI=1S/C18H28N2O2/c1-14-8-6-7-11-17(14)20(2)18(22)12-19-16(13-21)15-9-4-3-5-10-15/h3-5,9-10,14,16-17,19,21H,6-8,11-13H2,1-2H3/t14-,16+,17-/m1/s1. The molecule has 1 saturated carbocycles. The molecule has 1 aliphatic carbocycles. The summed E-state index contributed by atoms with van der Waals surface area (Å²) in [5.41, 5.74) is 1.01. The van der Waals surface area contributed by atoms with E-state index in [4.69, 9.17) is 0 Å². The van der Waals surface area contributed by atoms with E-state index in [-0.39, 0.29) is 25.1 Å². The molecule has 4 heteroatoms. The molecule has 122 valence electrons. The van der Waals surface area contributed by atoms with Crippen LogP contribution in [0, 0.1) is 5.92 Å². The molecule has 0 heterocycles. The Morgan fingerprint density at radius 2 is 2.00 bits per heavy atom. The van der Waals surface area contributed by atoms with Gasteiger partial charge < -0.3 is 10.0 Å². The van der Waals surface area contributed by atoms with E-state index in [0.29, 0.717) is 12.0 Å². The highest BCUT2D eigenvalue weighted by Crippen LogP contribution is 2.27. The van der Waals surface area contributed by atoms with Gasteiger partial charge in [0.25, 0.3) is 0 Å². The first-order valence-electron chi connectivity index (χ1n) is 8.28. The Kier molecular flexibility index (Phi) is 6.40. The van der Waals surface area contributed by atoms with Crippen LogP contribution in [0.3, 0.4) is 0 Å². The normalized spacial score (nSPS) is 23.0. The third-order valence-electron chi connectivity index (χ3n) is 4.84. The molecule has 2 rings (SSSR count). The van der Waals surface area contributed by atoms with Crippen molar-refractivity contribution in [1.82, 2.24) is 10.2 Å². The zero-order chi connectivity index (χ0) is 15.9. The van der Waals surface area contributed by atoms with Crippen LogP contribution in [0.15, 0.2) is 30.3 Å². The van der Waals surface area contributed by atoms with E-state index in [2.05, 4.69) is 12.2 Å². The van der Waals surface area contributed by atoms with Crippen molar-refractivity contribution < 1.29 is 9.90 Å². The summed E-state index contributed by atoms with van der Waals surface area (Å²) in [7, 11) is 1.91. The van der Waals surface area contributed by atoms with Crippen molar-refractivity contribution in [3.63, 3.8) is 0 Å². The summed E-state index contributed by atoms with van der Waals surface area (Å²) in [6, 6.07) is 9.92. The predicted molar refractivity (Wildman–Crippen MR) is 88.5 cm³/mol. The van der Waals surface area contributed by atoms with Gasteiger partial charge in [-0.05, 0) is 24.3 Å². The van der Waals surface area contributed by atoms with E-state index in [1.165, 1.54) is 19.3 Å². The number of amides is 1. The van der Waals surface area contributed by atoms with Crippen LogP contribution in [-0.4, -0.2) is 42.2 Å². The Morgan fingerprint density at radius 3 is 2.64 bits per heavy atom. The maximum Gasteiger partial charge on any atom is 0.236 e. The molecule has 0 unspecified atom stereocenters. The summed E-state index contributed by atoms with van der Waals surface area (Å²) in [5.74, 6) is 0.679. The number of carbonyl (C=O) groups excluding carboxylic acids is 1. The number of aliphatic hydroxyl groups is 1. The van der Waals surface area contributed by atoms with E-state index in [9.17, 15) is 9.90 Å². The predicted octanol–water partition coefficient (Wildman–Crippen LogP) is 2.35. The molecule has 0 aliphatic heterocycles. The van der Waals surface area contributed by atoms with Crippen molar-refractivity contribution in [3.8, 4) is 0 Å². The second kappa shape index (κ2) is 8.30. The van der Waals surface area contributed by atoms with Crippen molar-refractivity contribution in [2.75, 3.05) is 20.2 Å². The Morgan fingerprint density at radius 1 is 1.32 bits per heavy atom. The quantitative estimate of drug-likeness (QED) is 0.848. The molecule has 1 aliphatic rings. The third kappa shape index (κ3) is 4.31. The fourth-order valence-corrected chi connectivity index (χ4v) is 3.37. The molecule has 1 aromatic carbocycles. The highest BCUT2D eigenvalue weighted by Gasteiger charge is 2.27. The minimum atomic E-state index is -0.192. The zero-order valence-electron chi connectivity index (χ0n) is 13.7. The molecule has 3 atom stereocenters. The zero-order valence-corrected chi connectivity index (χ0v) is 13.7. The monoisotopic (exact) mass is 304 g/mol. The maximum atomic E-state index is 12.4. The Hall–Kier alpha value is -1.39.